The zero-order valence-electron chi connectivity index (χ0n) is 9.69. The highest BCUT2D eigenvalue weighted by molar-refractivity contribution is 9.11. The zero-order chi connectivity index (χ0) is 12.4. The van der Waals surface area contributed by atoms with Crippen LogP contribution in [-0.2, 0) is 4.74 Å². The van der Waals surface area contributed by atoms with Crippen LogP contribution in [0.4, 0.5) is 0 Å². The third-order valence-corrected chi connectivity index (χ3v) is 3.77. The molecular weight excluding hydrogens is 290 g/mol. The first-order chi connectivity index (χ1) is 8.08. The second kappa shape index (κ2) is 5.22. The van der Waals surface area contributed by atoms with Crippen molar-refractivity contribution in [2.45, 2.75) is 19.4 Å². The van der Waals surface area contributed by atoms with Gasteiger partial charge in [-0.25, -0.2) is 0 Å². The van der Waals surface area contributed by atoms with Gasteiger partial charge in [0.15, 0.2) is 5.82 Å². The lowest BCUT2D eigenvalue weighted by Gasteiger charge is -2.21. The molecule has 0 spiro atoms. The molecule has 0 aromatic heterocycles. The first-order valence-electron chi connectivity index (χ1n) is 5.72. The SMILES string of the molecule is CC1CC(CN2CCNC2=C(Br)[N+](=O)[O-])CO1. The fourth-order valence-corrected chi connectivity index (χ4v) is 2.74. The van der Waals surface area contributed by atoms with Crippen LogP contribution >= 0.6 is 15.9 Å². The minimum atomic E-state index is -0.408. The summed E-state index contributed by atoms with van der Waals surface area (Å²) in [5.41, 5.74) is 0. The number of rotatable bonds is 3. The smallest absolute Gasteiger partial charge is 0.350 e. The van der Waals surface area contributed by atoms with Gasteiger partial charge in [0.05, 0.1) is 17.6 Å². The molecule has 0 aromatic rings. The van der Waals surface area contributed by atoms with Gasteiger partial charge in [-0.15, -0.1) is 0 Å². The number of ether oxygens (including phenoxy) is 1. The molecule has 0 aromatic carbocycles. The van der Waals surface area contributed by atoms with Crippen LogP contribution in [0.3, 0.4) is 0 Å². The van der Waals surface area contributed by atoms with Gasteiger partial charge >= 0.3 is 4.61 Å². The molecule has 2 aliphatic rings. The number of nitro groups is 1. The van der Waals surface area contributed by atoms with E-state index in [0.29, 0.717) is 17.8 Å². The quantitative estimate of drug-likeness (QED) is 0.481. The van der Waals surface area contributed by atoms with Crippen LogP contribution in [0.2, 0.25) is 0 Å². The fourth-order valence-electron chi connectivity index (χ4n) is 2.35. The average Bonchev–Trinajstić information content (AvgIpc) is 2.87. The van der Waals surface area contributed by atoms with Gasteiger partial charge in [0.2, 0.25) is 0 Å². The summed E-state index contributed by atoms with van der Waals surface area (Å²) in [4.78, 5) is 12.3. The van der Waals surface area contributed by atoms with Crippen molar-refractivity contribution >= 4 is 15.9 Å². The molecule has 2 heterocycles. The lowest BCUT2D eigenvalue weighted by molar-refractivity contribution is -0.411. The van der Waals surface area contributed by atoms with Crippen molar-refractivity contribution < 1.29 is 9.66 Å². The van der Waals surface area contributed by atoms with Gasteiger partial charge < -0.3 is 15.0 Å². The molecule has 1 N–H and O–H groups in total. The lowest BCUT2D eigenvalue weighted by Crippen LogP contribution is -2.28. The zero-order valence-corrected chi connectivity index (χ0v) is 11.3. The number of hydrogen-bond donors (Lipinski definition) is 1. The Hall–Kier alpha value is -0.820. The molecule has 0 amide bonds. The van der Waals surface area contributed by atoms with Crippen molar-refractivity contribution in [3.8, 4) is 0 Å². The van der Waals surface area contributed by atoms with Crippen molar-refractivity contribution in [2.24, 2.45) is 5.92 Å². The molecule has 0 saturated carbocycles. The van der Waals surface area contributed by atoms with Crippen LogP contribution in [0, 0.1) is 16.0 Å². The van der Waals surface area contributed by atoms with E-state index in [9.17, 15) is 10.1 Å². The Balaban J connectivity index is 2.00. The van der Waals surface area contributed by atoms with Gasteiger partial charge in [-0.1, -0.05) is 0 Å². The molecule has 2 unspecified atom stereocenters. The Bertz CT molecular complexity index is 348. The molecule has 96 valence electrons. The van der Waals surface area contributed by atoms with E-state index in [2.05, 4.69) is 28.2 Å². The Morgan fingerprint density at radius 1 is 1.76 bits per heavy atom. The predicted octanol–water partition coefficient (Wildman–Crippen LogP) is 1.11. The van der Waals surface area contributed by atoms with Crippen LogP contribution in [0.15, 0.2) is 10.4 Å². The molecule has 2 atom stereocenters. The molecule has 0 bridgehead atoms. The Morgan fingerprint density at radius 2 is 2.53 bits per heavy atom. The first-order valence-corrected chi connectivity index (χ1v) is 6.52. The van der Waals surface area contributed by atoms with Crippen LogP contribution in [0.25, 0.3) is 0 Å². The maximum atomic E-state index is 10.7. The summed E-state index contributed by atoms with van der Waals surface area (Å²) < 4.78 is 5.53. The van der Waals surface area contributed by atoms with Crippen molar-refractivity contribution in [3.05, 3.63) is 20.5 Å². The second-order valence-corrected chi connectivity index (χ2v) is 5.27. The minimum absolute atomic E-state index is 0.0157. The van der Waals surface area contributed by atoms with Crippen LogP contribution in [-0.4, -0.2) is 42.2 Å². The highest BCUT2D eigenvalue weighted by Gasteiger charge is 2.30. The van der Waals surface area contributed by atoms with E-state index in [-0.39, 0.29) is 4.61 Å². The van der Waals surface area contributed by atoms with E-state index in [1.54, 1.807) is 0 Å². The summed E-state index contributed by atoms with van der Waals surface area (Å²) in [5.74, 6) is 1.06. The molecule has 2 fully saturated rings. The van der Waals surface area contributed by atoms with E-state index in [4.69, 9.17) is 4.74 Å². The second-order valence-electron chi connectivity index (χ2n) is 4.51. The van der Waals surface area contributed by atoms with E-state index < -0.39 is 4.92 Å². The third-order valence-electron chi connectivity index (χ3n) is 3.11. The molecule has 0 aliphatic carbocycles. The maximum Gasteiger partial charge on any atom is 0.350 e. The van der Waals surface area contributed by atoms with Gasteiger partial charge in [-0.2, -0.15) is 0 Å². The Morgan fingerprint density at radius 3 is 3.12 bits per heavy atom. The minimum Gasteiger partial charge on any atom is -0.378 e. The molecule has 2 aliphatic heterocycles. The van der Waals surface area contributed by atoms with Crippen molar-refractivity contribution in [2.75, 3.05) is 26.2 Å². The van der Waals surface area contributed by atoms with E-state index in [1.165, 1.54) is 0 Å². The molecule has 0 radical (unpaired) electrons. The highest BCUT2D eigenvalue weighted by Crippen LogP contribution is 2.24. The molecule has 6 nitrogen and oxygen atoms in total. The number of nitrogens with zero attached hydrogens (tertiary/aromatic N) is 2. The third kappa shape index (κ3) is 2.90. The fraction of sp³-hybridized carbons (Fsp3) is 0.800. The van der Waals surface area contributed by atoms with Gasteiger partial charge in [0.1, 0.15) is 0 Å². The van der Waals surface area contributed by atoms with Crippen molar-refractivity contribution in [3.63, 3.8) is 0 Å². The number of halogens is 1. The summed E-state index contributed by atoms with van der Waals surface area (Å²) in [7, 11) is 0. The van der Waals surface area contributed by atoms with E-state index in [1.807, 2.05) is 4.90 Å². The Labute approximate surface area is 108 Å². The van der Waals surface area contributed by atoms with Crippen LogP contribution in [0.5, 0.6) is 0 Å². The van der Waals surface area contributed by atoms with Gasteiger partial charge in [-0.3, -0.25) is 10.1 Å². The summed E-state index contributed by atoms with van der Waals surface area (Å²) in [6, 6.07) is 0. The van der Waals surface area contributed by atoms with Crippen molar-refractivity contribution in [1.82, 2.24) is 10.2 Å². The van der Waals surface area contributed by atoms with Gasteiger partial charge in [-0.05, 0) is 13.3 Å². The number of hydrogen-bond acceptors (Lipinski definition) is 5. The molecule has 2 rings (SSSR count). The normalized spacial score (nSPS) is 31.5. The van der Waals surface area contributed by atoms with Crippen LogP contribution in [0.1, 0.15) is 13.3 Å². The van der Waals surface area contributed by atoms with Gasteiger partial charge in [0.25, 0.3) is 0 Å². The molecular formula is C10H16BrN3O3. The van der Waals surface area contributed by atoms with Crippen molar-refractivity contribution in [1.29, 1.82) is 0 Å². The Kier molecular flexibility index (Phi) is 3.88. The summed E-state index contributed by atoms with van der Waals surface area (Å²) in [5, 5.41) is 13.8. The summed E-state index contributed by atoms with van der Waals surface area (Å²) in [6.07, 6.45) is 1.34. The molecule has 17 heavy (non-hydrogen) atoms. The predicted molar refractivity (Wildman–Crippen MR) is 66.0 cm³/mol. The van der Waals surface area contributed by atoms with Gasteiger partial charge in [0, 0.05) is 41.5 Å². The first kappa shape index (κ1) is 12.6. The molecule has 2 saturated heterocycles. The topological polar surface area (TPSA) is 67.6 Å². The largest absolute Gasteiger partial charge is 0.378 e. The average molecular weight is 306 g/mol. The monoisotopic (exact) mass is 305 g/mol. The summed E-state index contributed by atoms with van der Waals surface area (Å²) >= 11 is 3.02. The summed E-state index contributed by atoms with van der Waals surface area (Å²) in [6.45, 7) is 5.19. The van der Waals surface area contributed by atoms with E-state index >= 15 is 0 Å². The highest BCUT2D eigenvalue weighted by atomic mass is 79.9. The van der Waals surface area contributed by atoms with Crippen LogP contribution < -0.4 is 5.32 Å². The number of nitrogens with one attached hydrogen (secondary N) is 1. The molecule has 7 heteroatoms. The lowest BCUT2D eigenvalue weighted by atomic mass is 10.1. The van der Waals surface area contributed by atoms with E-state index in [0.717, 1.165) is 32.7 Å². The maximum absolute atomic E-state index is 10.7. The standard InChI is InChI=1S/C10H16BrN3O3/c1-7-4-8(6-17-7)5-13-3-2-12-10(13)9(11)14(15)16/h7-8,12H,2-6H2,1H3.